The van der Waals surface area contributed by atoms with Gasteiger partial charge in [-0.05, 0) is 45.0 Å². The summed E-state index contributed by atoms with van der Waals surface area (Å²) in [6.45, 7) is 2.83. The normalized spacial score (nSPS) is 18.6. The molecule has 1 aliphatic rings. The molecule has 0 bridgehead atoms. The van der Waals surface area contributed by atoms with Gasteiger partial charge in [0.15, 0.2) is 14.6 Å². The molecule has 1 saturated heterocycles. The van der Waals surface area contributed by atoms with E-state index in [-0.39, 0.29) is 19.4 Å². The Morgan fingerprint density at radius 3 is 2.67 bits per heavy atom. The first kappa shape index (κ1) is 18.7. The van der Waals surface area contributed by atoms with Gasteiger partial charge in [-0.25, -0.2) is 12.8 Å². The molecule has 1 fully saturated rings. The van der Waals surface area contributed by atoms with E-state index in [1.54, 1.807) is 13.0 Å². The van der Waals surface area contributed by atoms with Crippen molar-refractivity contribution in [2.75, 3.05) is 25.9 Å². The topological polar surface area (TPSA) is 84.5 Å². The Kier molecular flexibility index (Phi) is 5.82. The molecule has 1 heterocycles. The molecule has 0 saturated carbocycles. The van der Waals surface area contributed by atoms with Crippen molar-refractivity contribution in [1.29, 1.82) is 0 Å². The van der Waals surface area contributed by atoms with E-state index < -0.39 is 32.4 Å². The molecule has 1 aromatic carbocycles. The molecule has 24 heavy (non-hydrogen) atoms. The molecule has 1 atom stereocenters. The summed E-state index contributed by atoms with van der Waals surface area (Å²) in [5, 5.41) is 5.73. The Labute approximate surface area is 141 Å². The zero-order chi connectivity index (χ0) is 17.8. The number of carbonyl (C=O) groups excluding carboxylic acids is 1. The second kappa shape index (κ2) is 7.48. The highest BCUT2D eigenvalue weighted by Crippen LogP contribution is 2.28. The van der Waals surface area contributed by atoms with Crippen molar-refractivity contribution in [1.82, 2.24) is 10.6 Å². The summed E-state index contributed by atoms with van der Waals surface area (Å²) in [6.07, 6.45) is 1.17. The predicted molar refractivity (Wildman–Crippen MR) is 89.2 cm³/mol. The summed E-state index contributed by atoms with van der Waals surface area (Å²) in [6, 6.07) is 5.71. The maximum Gasteiger partial charge on any atom is 0.241 e. The Morgan fingerprint density at radius 1 is 1.42 bits per heavy atom. The highest BCUT2D eigenvalue weighted by atomic mass is 32.2. The Hall–Kier alpha value is -1.67. The van der Waals surface area contributed by atoms with Crippen molar-refractivity contribution in [2.24, 2.45) is 0 Å². The first-order valence-electron chi connectivity index (χ1n) is 7.85. The number of hydrogen-bond donors (Lipinski definition) is 2. The van der Waals surface area contributed by atoms with Gasteiger partial charge in [-0.3, -0.25) is 4.79 Å². The predicted octanol–water partition coefficient (Wildman–Crippen LogP) is 0.876. The van der Waals surface area contributed by atoms with Gasteiger partial charge in [-0.15, -0.1) is 0 Å². The van der Waals surface area contributed by atoms with Crippen LogP contribution in [0.3, 0.4) is 0 Å². The van der Waals surface area contributed by atoms with Gasteiger partial charge in [0, 0.05) is 12.3 Å². The lowest BCUT2D eigenvalue weighted by Crippen LogP contribution is -2.58. The van der Waals surface area contributed by atoms with Crippen molar-refractivity contribution in [3.63, 3.8) is 0 Å². The SMILES string of the molecule is CC(CNC(=O)C1(S(C)(=O)=O)CCNCC1)Oc1cccc(F)c1. The fourth-order valence-electron chi connectivity index (χ4n) is 2.81. The van der Waals surface area contributed by atoms with E-state index >= 15 is 0 Å². The molecule has 0 radical (unpaired) electrons. The average molecular weight is 358 g/mol. The van der Waals surface area contributed by atoms with Crippen LogP contribution in [-0.2, 0) is 14.6 Å². The summed E-state index contributed by atoms with van der Waals surface area (Å²) in [7, 11) is -3.54. The smallest absolute Gasteiger partial charge is 0.241 e. The van der Waals surface area contributed by atoms with Crippen molar-refractivity contribution in [3.05, 3.63) is 30.1 Å². The van der Waals surface area contributed by atoms with E-state index in [0.717, 1.165) is 6.26 Å². The number of carbonyl (C=O) groups is 1. The molecule has 0 aliphatic carbocycles. The molecule has 2 rings (SSSR count). The van der Waals surface area contributed by atoms with Crippen LogP contribution < -0.4 is 15.4 Å². The molecule has 8 heteroatoms. The summed E-state index contributed by atoms with van der Waals surface area (Å²) < 4.78 is 41.6. The molecule has 1 unspecified atom stereocenters. The molecule has 1 amide bonds. The maximum atomic E-state index is 13.1. The molecule has 0 spiro atoms. The lowest BCUT2D eigenvalue weighted by atomic mass is 9.96. The van der Waals surface area contributed by atoms with Gasteiger partial charge in [0.25, 0.3) is 0 Å². The van der Waals surface area contributed by atoms with E-state index in [0.29, 0.717) is 18.8 Å². The number of nitrogens with one attached hydrogen (secondary N) is 2. The number of benzene rings is 1. The van der Waals surface area contributed by atoms with Gasteiger partial charge < -0.3 is 15.4 Å². The van der Waals surface area contributed by atoms with Gasteiger partial charge in [-0.1, -0.05) is 6.07 Å². The number of halogens is 1. The third-order valence-corrected chi connectivity index (χ3v) is 6.23. The lowest BCUT2D eigenvalue weighted by Gasteiger charge is -2.34. The first-order valence-corrected chi connectivity index (χ1v) is 9.74. The third kappa shape index (κ3) is 4.24. The fourth-order valence-corrected chi connectivity index (χ4v) is 4.16. The number of rotatable bonds is 6. The van der Waals surface area contributed by atoms with Crippen LogP contribution in [0.2, 0.25) is 0 Å². The number of ether oxygens (including phenoxy) is 1. The van der Waals surface area contributed by atoms with Crippen LogP contribution in [0, 0.1) is 5.82 Å². The van der Waals surface area contributed by atoms with E-state index in [9.17, 15) is 17.6 Å². The number of sulfone groups is 1. The van der Waals surface area contributed by atoms with E-state index in [1.807, 2.05) is 0 Å². The van der Waals surface area contributed by atoms with Crippen LogP contribution in [-0.4, -0.2) is 51.1 Å². The molecule has 2 N–H and O–H groups in total. The molecule has 0 aromatic heterocycles. The first-order chi connectivity index (χ1) is 11.2. The number of piperidine rings is 1. The molecular weight excluding hydrogens is 335 g/mol. The molecule has 6 nitrogen and oxygen atoms in total. The van der Waals surface area contributed by atoms with Crippen molar-refractivity contribution in [3.8, 4) is 5.75 Å². The van der Waals surface area contributed by atoms with Crippen LogP contribution >= 0.6 is 0 Å². The average Bonchev–Trinajstić information content (AvgIpc) is 2.52. The van der Waals surface area contributed by atoms with Crippen molar-refractivity contribution in [2.45, 2.75) is 30.6 Å². The molecular formula is C16H23FN2O4S. The highest BCUT2D eigenvalue weighted by molar-refractivity contribution is 7.92. The summed E-state index contributed by atoms with van der Waals surface area (Å²) in [5.41, 5.74) is 0. The zero-order valence-electron chi connectivity index (χ0n) is 13.8. The molecule has 1 aliphatic heterocycles. The van der Waals surface area contributed by atoms with Gasteiger partial charge in [0.2, 0.25) is 5.91 Å². The van der Waals surface area contributed by atoms with Crippen LogP contribution in [0.15, 0.2) is 24.3 Å². The zero-order valence-corrected chi connectivity index (χ0v) is 14.7. The minimum absolute atomic E-state index is 0.139. The van der Waals surface area contributed by atoms with Crippen molar-refractivity contribution >= 4 is 15.7 Å². The van der Waals surface area contributed by atoms with Gasteiger partial charge >= 0.3 is 0 Å². The quantitative estimate of drug-likeness (QED) is 0.788. The van der Waals surface area contributed by atoms with Crippen LogP contribution in [0.25, 0.3) is 0 Å². The van der Waals surface area contributed by atoms with Crippen LogP contribution in [0.4, 0.5) is 4.39 Å². The van der Waals surface area contributed by atoms with E-state index in [2.05, 4.69) is 10.6 Å². The van der Waals surface area contributed by atoms with Gasteiger partial charge in [0.1, 0.15) is 17.7 Å². The van der Waals surface area contributed by atoms with Crippen molar-refractivity contribution < 1.29 is 22.3 Å². The lowest BCUT2D eigenvalue weighted by molar-refractivity contribution is -0.124. The Morgan fingerprint density at radius 2 is 2.08 bits per heavy atom. The number of amides is 1. The van der Waals surface area contributed by atoms with Gasteiger partial charge in [-0.2, -0.15) is 0 Å². The molecule has 134 valence electrons. The highest BCUT2D eigenvalue weighted by Gasteiger charge is 2.48. The van der Waals surface area contributed by atoms with Crippen LogP contribution in [0.5, 0.6) is 5.75 Å². The second-order valence-electron chi connectivity index (χ2n) is 6.11. The Balaban J connectivity index is 1.98. The third-order valence-electron chi connectivity index (χ3n) is 4.22. The van der Waals surface area contributed by atoms with Crippen LogP contribution in [0.1, 0.15) is 19.8 Å². The summed E-state index contributed by atoms with van der Waals surface area (Å²) >= 11 is 0. The Bertz CT molecular complexity index is 687. The van der Waals surface area contributed by atoms with E-state index in [1.165, 1.54) is 18.2 Å². The second-order valence-corrected chi connectivity index (χ2v) is 8.44. The molecule has 1 aromatic rings. The standard InChI is InChI=1S/C16H23FN2O4S/c1-12(23-14-5-3-4-13(17)10-14)11-19-15(20)16(24(2,21)22)6-8-18-9-7-16/h3-5,10,12,18H,6-9,11H2,1-2H3,(H,19,20). The fraction of sp³-hybridized carbons (Fsp3) is 0.562. The van der Waals surface area contributed by atoms with Gasteiger partial charge in [0.05, 0.1) is 6.54 Å². The minimum Gasteiger partial charge on any atom is -0.489 e. The van der Waals surface area contributed by atoms with E-state index in [4.69, 9.17) is 4.74 Å². The maximum absolute atomic E-state index is 13.1. The largest absolute Gasteiger partial charge is 0.489 e. The summed E-state index contributed by atoms with van der Waals surface area (Å²) in [4.78, 5) is 12.5. The monoisotopic (exact) mass is 358 g/mol. The summed E-state index contributed by atoms with van der Waals surface area (Å²) in [5.74, 6) is -0.549. The number of hydrogen-bond acceptors (Lipinski definition) is 5. The minimum atomic E-state index is -3.54.